The van der Waals surface area contributed by atoms with Crippen LogP contribution in [0.4, 0.5) is 5.69 Å². The number of nitrogens with zero attached hydrogens (tertiary/aromatic N) is 1. The number of benzene rings is 1. The van der Waals surface area contributed by atoms with Crippen molar-refractivity contribution < 1.29 is 4.74 Å². The van der Waals surface area contributed by atoms with Crippen LogP contribution >= 0.6 is 15.9 Å². The molecule has 1 aliphatic rings. The number of rotatable bonds is 3. The molecular formula is C14H21BrN2O. The zero-order chi connectivity index (χ0) is 13.1. The summed E-state index contributed by atoms with van der Waals surface area (Å²) in [6.07, 6.45) is 1.47. The topological polar surface area (TPSA) is 38.5 Å². The number of nitrogens with two attached hydrogens (primary N) is 1. The zero-order valence-corrected chi connectivity index (χ0v) is 12.6. The van der Waals surface area contributed by atoms with Crippen LogP contribution in [0, 0.1) is 0 Å². The highest BCUT2D eigenvalue weighted by Gasteiger charge is 2.23. The van der Waals surface area contributed by atoms with Gasteiger partial charge >= 0.3 is 0 Å². The van der Waals surface area contributed by atoms with E-state index in [4.69, 9.17) is 10.5 Å². The summed E-state index contributed by atoms with van der Waals surface area (Å²) in [6, 6.07) is 6.45. The van der Waals surface area contributed by atoms with Crippen molar-refractivity contribution in [1.29, 1.82) is 0 Å². The highest BCUT2D eigenvalue weighted by Crippen LogP contribution is 2.27. The zero-order valence-electron chi connectivity index (χ0n) is 11.0. The van der Waals surface area contributed by atoms with E-state index in [1.54, 1.807) is 0 Å². The highest BCUT2D eigenvalue weighted by atomic mass is 79.9. The van der Waals surface area contributed by atoms with E-state index in [9.17, 15) is 0 Å². The molecule has 1 heterocycles. The van der Waals surface area contributed by atoms with E-state index in [0.717, 1.165) is 24.0 Å². The first-order valence-electron chi connectivity index (χ1n) is 6.49. The Morgan fingerprint density at radius 1 is 1.33 bits per heavy atom. The van der Waals surface area contributed by atoms with E-state index < -0.39 is 0 Å². The molecule has 2 rings (SSSR count). The molecule has 0 amide bonds. The Morgan fingerprint density at radius 3 is 2.61 bits per heavy atom. The van der Waals surface area contributed by atoms with Crippen molar-refractivity contribution in [2.24, 2.45) is 5.73 Å². The van der Waals surface area contributed by atoms with Gasteiger partial charge in [0.1, 0.15) is 0 Å². The Hall–Kier alpha value is -0.580. The molecule has 0 bridgehead atoms. The summed E-state index contributed by atoms with van der Waals surface area (Å²) >= 11 is 3.53. The molecule has 3 nitrogen and oxygen atoms in total. The molecule has 2 N–H and O–H groups in total. The van der Waals surface area contributed by atoms with Gasteiger partial charge in [-0.1, -0.05) is 15.9 Å². The minimum atomic E-state index is 0.281. The first-order chi connectivity index (χ1) is 8.60. The first-order valence-corrected chi connectivity index (χ1v) is 7.28. The molecule has 0 unspecified atom stereocenters. The lowest BCUT2D eigenvalue weighted by molar-refractivity contribution is -0.00525. The molecule has 0 spiro atoms. The van der Waals surface area contributed by atoms with Gasteiger partial charge in [-0.3, -0.25) is 0 Å². The van der Waals surface area contributed by atoms with Gasteiger partial charge in [0.15, 0.2) is 0 Å². The van der Waals surface area contributed by atoms with Crippen molar-refractivity contribution >= 4 is 21.6 Å². The summed E-state index contributed by atoms with van der Waals surface area (Å²) < 4.78 is 6.90. The van der Waals surface area contributed by atoms with Crippen LogP contribution in [0.15, 0.2) is 22.7 Å². The van der Waals surface area contributed by atoms with Crippen LogP contribution in [0.1, 0.15) is 19.4 Å². The van der Waals surface area contributed by atoms with E-state index in [1.165, 1.54) is 11.3 Å². The van der Waals surface area contributed by atoms with Gasteiger partial charge in [0.2, 0.25) is 0 Å². The normalized spacial score (nSPS) is 24.3. The van der Waals surface area contributed by atoms with Crippen molar-refractivity contribution in [3.05, 3.63) is 28.2 Å². The third kappa shape index (κ3) is 3.25. The molecule has 18 heavy (non-hydrogen) atoms. The van der Waals surface area contributed by atoms with Crippen molar-refractivity contribution in [3.63, 3.8) is 0 Å². The molecule has 4 heteroatoms. The van der Waals surface area contributed by atoms with E-state index in [0.29, 0.717) is 6.54 Å². The molecule has 1 aliphatic heterocycles. The van der Waals surface area contributed by atoms with Gasteiger partial charge < -0.3 is 15.4 Å². The maximum Gasteiger partial charge on any atom is 0.0726 e. The molecule has 1 saturated heterocycles. The Bertz CT molecular complexity index is 401. The number of morpholine rings is 1. The number of hydrogen-bond acceptors (Lipinski definition) is 3. The average molecular weight is 313 g/mol. The molecule has 1 aromatic carbocycles. The largest absolute Gasteiger partial charge is 0.372 e. The summed E-state index contributed by atoms with van der Waals surface area (Å²) in [7, 11) is 0. The molecule has 1 aromatic rings. The van der Waals surface area contributed by atoms with Gasteiger partial charge in [-0.05, 0) is 50.6 Å². The quantitative estimate of drug-likeness (QED) is 0.932. The van der Waals surface area contributed by atoms with Gasteiger partial charge in [0, 0.05) is 23.2 Å². The first kappa shape index (κ1) is 13.8. The van der Waals surface area contributed by atoms with E-state index in [2.05, 4.69) is 52.9 Å². The van der Waals surface area contributed by atoms with Gasteiger partial charge in [0.05, 0.1) is 12.2 Å². The van der Waals surface area contributed by atoms with Crippen LogP contribution in [-0.4, -0.2) is 31.8 Å². The van der Waals surface area contributed by atoms with Crippen LogP contribution in [0.25, 0.3) is 0 Å². The molecule has 0 aliphatic carbocycles. The SMILES string of the molecule is C[C@@H]1CN(c2ccc(Br)cc2CCN)C[C@H](C)O1. The monoisotopic (exact) mass is 312 g/mol. The van der Waals surface area contributed by atoms with Crippen LogP contribution in [0.3, 0.4) is 0 Å². The van der Waals surface area contributed by atoms with Crippen LogP contribution in [0.2, 0.25) is 0 Å². The lowest BCUT2D eigenvalue weighted by Crippen LogP contribution is -2.45. The van der Waals surface area contributed by atoms with Crippen LogP contribution in [-0.2, 0) is 11.2 Å². The Labute approximate surface area is 117 Å². The Morgan fingerprint density at radius 2 is 2.00 bits per heavy atom. The predicted molar refractivity (Wildman–Crippen MR) is 79.1 cm³/mol. The van der Waals surface area contributed by atoms with E-state index in [-0.39, 0.29) is 12.2 Å². The highest BCUT2D eigenvalue weighted by molar-refractivity contribution is 9.10. The van der Waals surface area contributed by atoms with Crippen molar-refractivity contribution in [3.8, 4) is 0 Å². The molecule has 100 valence electrons. The van der Waals surface area contributed by atoms with Crippen molar-refractivity contribution in [2.45, 2.75) is 32.5 Å². The number of hydrogen-bond donors (Lipinski definition) is 1. The molecule has 0 saturated carbocycles. The summed E-state index contributed by atoms with van der Waals surface area (Å²) in [6.45, 7) is 6.83. The maximum absolute atomic E-state index is 5.79. The van der Waals surface area contributed by atoms with Gasteiger partial charge in [-0.25, -0.2) is 0 Å². The third-order valence-corrected chi connectivity index (χ3v) is 3.71. The minimum Gasteiger partial charge on any atom is -0.372 e. The van der Waals surface area contributed by atoms with Crippen molar-refractivity contribution in [1.82, 2.24) is 0 Å². The third-order valence-electron chi connectivity index (χ3n) is 3.22. The number of ether oxygens (including phenoxy) is 1. The van der Waals surface area contributed by atoms with Gasteiger partial charge in [-0.2, -0.15) is 0 Å². The fraction of sp³-hybridized carbons (Fsp3) is 0.571. The molecule has 1 fully saturated rings. The van der Waals surface area contributed by atoms with Crippen LogP contribution in [0.5, 0.6) is 0 Å². The standard InChI is InChI=1S/C14H21BrN2O/c1-10-8-17(9-11(2)18-10)14-4-3-13(15)7-12(14)5-6-16/h3-4,7,10-11H,5-6,8-9,16H2,1-2H3/t10-,11+. The smallest absolute Gasteiger partial charge is 0.0726 e. The summed E-state index contributed by atoms with van der Waals surface area (Å²) in [5.74, 6) is 0. The second-order valence-electron chi connectivity index (χ2n) is 4.97. The van der Waals surface area contributed by atoms with Gasteiger partial charge in [0.25, 0.3) is 0 Å². The summed E-state index contributed by atoms with van der Waals surface area (Å²) in [4.78, 5) is 2.41. The second kappa shape index (κ2) is 6.04. The molecule has 0 aromatic heterocycles. The average Bonchev–Trinajstić information content (AvgIpc) is 2.28. The fourth-order valence-electron chi connectivity index (χ4n) is 2.59. The number of halogens is 1. The fourth-order valence-corrected chi connectivity index (χ4v) is 3.00. The Balaban J connectivity index is 2.25. The van der Waals surface area contributed by atoms with Gasteiger partial charge in [-0.15, -0.1) is 0 Å². The van der Waals surface area contributed by atoms with Crippen molar-refractivity contribution in [2.75, 3.05) is 24.5 Å². The maximum atomic E-state index is 5.79. The Kier molecular flexibility index (Phi) is 4.65. The summed E-state index contributed by atoms with van der Waals surface area (Å²) in [5, 5.41) is 0. The molecule has 0 radical (unpaired) electrons. The van der Waals surface area contributed by atoms with E-state index in [1.807, 2.05) is 0 Å². The van der Waals surface area contributed by atoms with Crippen LogP contribution < -0.4 is 10.6 Å². The predicted octanol–water partition coefficient (Wildman–Crippen LogP) is 2.56. The lowest BCUT2D eigenvalue weighted by atomic mass is 10.1. The van der Waals surface area contributed by atoms with E-state index >= 15 is 0 Å². The molecule has 2 atom stereocenters. The minimum absolute atomic E-state index is 0.281. The number of anilines is 1. The summed E-state index contributed by atoms with van der Waals surface area (Å²) in [5.41, 5.74) is 8.32. The lowest BCUT2D eigenvalue weighted by Gasteiger charge is -2.38. The molecular weight excluding hydrogens is 292 g/mol. The second-order valence-corrected chi connectivity index (χ2v) is 5.89.